The maximum atomic E-state index is 4.14. The Morgan fingerprint density at radius 2 is 1.71 bits per heavy atom. The first-order valence-electron chi connectivity index (χ1n) is 9.79. The Morgan fingerprint density at radius 3 is 2.43 bits per heavy atom. The summed E-state index contributed by atoms with van der Waals surface area (Å²) in [5, 5.41) is 7.97. The molecule has 0 amide bonds. The van der Waals surface area contributed by atoms with Gasteiger partial charge in [0.1, 0.15) is 0 Å². The highest BCUT2D eigenvalue weighted by atomic mass is 15.0. The number of hydrogen-bond acceptors (Lipinski definition) is 2. The molecule has 0 radical (unpaired) electrons. The van der Waals surface area contributed by atoms with Crippen molar-refractivity contribution in [1.82, 2.24) is 10.6 Å². The highest BCUT2D eigenvalue weighted by molar-refractivity contribution is 4.95. The van der Waals surface area contributed by atoms with E-state index in [-0.39, 0.29) is 0 Å². The summed E-state index contributed by atoms with van der Waals surface area (Å²) >= 11 is 0. The topological polar surface area (TPSA) is 24.1 Å². The van der Waals surface area contributed by atoms with Crippen LogP contribution in [0.15, 0.2) is 0 Å². The second-order valence-corrected chi connectivity index (χ2v) is 7.99. The van der Waals surface area contributed by atoms with Gasteiger partial charge in [-0.2, -0.15) is 0 Å². The fraction of sp³-hybridized carbons (Fsp3) is 1.00. The first-order chi connectivity index (χ1) is 10.3. The molecule has 3 aliphatic rings. The fourth-order valence-electron chi connectivity index (χ4n) is 5.43. The summed E-state index contributed by atoms with van der Waals surface area (Å²) in [7, 11) is 0. The van der Waals surface area contributed by atoms with Gasteiger partial charge in [-0.15, -0.1) is 0 Å². The standard InChI is InChI=1S/C19H36N2/c1-3-15-11-12-17(14(15)2)21-19-10-5-4-8-16(19)18-9-6-7-13-20-18/h14-21H,3-13H2,1-2H3. The van der Waals surface area contributed by atoms with Crippen LogP contribution in [0.4, 0.5) is 0 Å². The van der Waals surface area contributed by atoms with Crippen LogP contribution in [0, 0.1) is 17.8 Å². The summed E-state index contributed by atoms with van der Waals surface area (Å²) in [6, 6.07) is 2.39. The Morgan fingerprint density at radius 1 is 0.905 bits per heavy atom. The van der Waals surface area contributed by atoms with E-state index < -0.39 is 0 Å². The zero-order valence-corrected chi connectivity index (χ0v) is 14.2. The van der Waals surface area contributed by atoms with Gasteiger partial charge in [0, 0.05) is 18.1 Å². The van der Waals surface area contributed by atoms with Crippen LogP contribution in [-0.2, 0) is 0 Å². The molecule has 0 spiro atoms. The Hall–Kier alpha value is -0.0800. The van der Waals surface area contributed by atoms with Gasteiger partial charge < -0.3 is 10.6 Å². The minimum atomic E-state index is 0.789. The second-order valence-electron chi connectivity index (χ2n) is 7.99. The highest BCUT2D eigenvalue weighted by Crippen LogP contribution is 2.37. The first kappa shape index (κ1) is 15.8. The molecule has 1 heterocycles. The maximum absolute atomic E-state index is 4.14. The molecule has 0 aromatic rings. The maximum Gasteiger partial charge on any atom is 0.0113 e. The molecule has 2 N–H and O–H groups in total. The summed E-state index contributed by atoms with van der Waals surface area (Å²) in [5.74, 6) is 2.75. The lowest BCUT2D eigenvalue weighted by Gasteiger charge is -2.41. The molecule has 0 aromatic heterocycles. The van der Waals surface area contributed by atoms with Crippen molar-refractivity contribution in [1.29, 1.82) is 0 Å². The molecule has 3 rings (SSSR count). The predicted octanol–water partition coefficient (Wildman–Crippen LogP) is 4.10. The lowest BCUT2D eigenvalue weighted by Crippen LogP contribution is -2.53. The fourth-order valence-corrected chi connectivity index (χ4v) is 5.43. The smallest absolute Gasteiger partial charge is 0.0113 e. The van der Waals surface area contributed by atoms with E-state index in [0.29, 0.717) is 0 Å². The molecule has 1 saturated heterocycles. The molecule has 6 unspecified atom stereocenters. The van der Waals surface area contributed by atoms with Gasteiger partial charge in [0.15, 0.2) is 0 Å². The van der Waals surface area contributed by atoms with E-state index in [9.17, 15) is 0 Å². The van der Waals surface area contributed by atoms with E-state index in [4.69, 9.17) is 0 Å². The van der Waals surface area contributed by atoms with Crippen molar-refractivity contribution in [2.75, 3.05) is 6.54 Å². The predicted molar refractivity (Wildman–Crippen MR) is 90.5 cm³/mol. The van der Waals surface area contributed by atoms with Crippen LogP contribution in [-0.4, -0.2) is 24.7 Å². The van der Waals surface area contributed by atoms with E-state index in [0.717, 1.165) is 35.9 Å². The highest BCUT2D eigenvalue weighted by Gasteiger charge is 2.37. The lowest BCUT2D eigenvalue weighted by molar-refractivity contribution is 0.162. The van der Waals surface area contributed by atoms with Crippen molar-refractivity contribution in [3.8, 4) is 0 Å². The van der Waals surface area contributed by atoms with E-state index in [1.54, 1.807) is 0 Å². The summed E-state index contributed by atoms with van der Waals surface area (Å²) in [6.07, 6.45) is 14.3. The van der Waals surface area contributed by atoms with Crippen LogP contribution in [0.1, 0.15) is 78.1 Å². The lowest BCUT2D eigenvalue weighted by atomic mass is 9.76. The van der Waals surface area contributed by atoms with Crippen molar-refractivity contribution in [2.45, 2.75) is 96.2 Å². The molecule has 2 aliphatic carbocycles. The molecule has 0 aromatic carbocycles. The summed E-state index contributed by atoms with van der Waals surface area (Å²) < 4.78 is 0. The summed E-state index contributed by atoms with van der Waals surface area (Å²) in [4.78, 5) is 0. The minimum absolute atomic E-state index is 0.789. The third kappa shape index (κ3) is 3.64. The monoisotopic (exact) mass is 292 g/mol. The summed E-state index contributed by atoms with van der Waals surface area (Å²) in [5.41, 5.74) is 0. The third-order valence-corrected chi connectivity index (χ3v) is 6.86. The zero-order valence-electron chi connectivity index (χ0n) is 14.2. The molecule has 2 heteroatoms. The summed E-state index contributed by atoms with van der Waals surface area (Å²) in [6.45, 7) is 6.13. The number of nitrogens with one attached hydrogen (secondary N) is 2. The molecule has 0 bridgehead atoms. The van der Waals surface area contributed by atoms with Crippen LogP contribution in [0.2, 0.25) is 0 Å². The van der Waals surface area contributed by atoms with Crippen molar-refractivity contribution in [3.05, 3.63) is 0 Å². The van der Waals surface area contributed by atoms with Gasteiger partial charge in [0.2, 0.25) is 0 Å². The SMILES string of the molecule is CCC1CCC(NC2CCCCC2C2CCCCN2)C1C. The Labute approximate surface area is 131 Å². The third-order valence-electron chi connectivity index (χ3n) is 6.86. The van der Waals surface area contributed by atoms with Crippen molar-refractivity contribution in [3.63, 3.8) is 0 Å². The van der Waals surface area contributed by atoms with Crippen molar-refractivity contribution >= 4 is 0 Å². The van der Waals surface area contributed by atoms with Crippen LogP contribution in [0.5, 0.6) is 0 Å². The van der Waals surface area contributed by atoms with Gasteiger partial charge >= 0.3 is 0 Å². The van der Waals surface area contributed by atoms with E-state index in [1.807, 2.05) is 0 Å². The van der Waals surface area contributed by atoms with Gasteiger partial charge in [-0.05, 0) is 62.8 Å². The number of hydrogen-bond donors (Lipinski definition) is 2. The normalized spacial score (nSPS) is 44.9. The number of rotatable bonds is 4. The minimum Gasteiger partial charge on any atom is -0.314 e. The van der Waals surface area contributed by atoms with E-state index in [2.05, 4.69) is 24.5 Å². The molecule has 6 atom stereocenters. The molecule has 2 nitrogen and oxygen atoms in total. The van der Waals surface area contributed by atoms with Gasteiger partial charge in [0.25, 0.3) is 0 Å². The molecule has 21 heavy (non-hydrogen) atoms. The quantitative estimate of drug-likeness (QED) is 0.815. The van der Waals surface area contributed by atoms with E-state index >= 15 is 0 Å². The van der Waals surface area contributed by atoms with Crippen LogP contribution in [0.3, 0.4) is 0 Å². The molecular weight excluding hydrogens is 256 g/mol. The largest absolute Gasteiger partial charge is 0.314 e. The molecule has 122 valence electrons. The average Bonchev–Trinajstić information content (AvgIpc) is 2.89. The molecular formula is C19H36N2. The molecule has 3 fully saturated rings. The van der Waals surface area contributed by atoms with Gasteiger partial charge in [0.05, 0.1) is 0 Å². The van der Waals surface area contributed by atoms with E-state index in [1.165, 1.54) is 70.8 Å². The Balaban J connectivity index is 1.59. The average molecular weight is 293 g/mol. The van der Waals surface area contributed by atoms with Crippen molar-refractivity contribution in [2.24, 2.45) is 17.8 Å². The Bertz CT molecular complexity index is 311. The van der Waals surface area contributed by atoms with Crippen LogP contribution >= 0.6 is 0 Å². The number of piperidine rings is 1. The van der Waals surface area contributed by atoms with Gasteiger partial charge in [-0.3, -0.25) is 0 Å². The van der Waals surface area contributed by atoms with Crippen molar-refractivity contribution < 1.29 is 0 Å². The zero-order chi connectivity index (χ0) is 14.7. The van der Waals surface area contributed by atoms with Gasteiger partial charge in [-0.25, -0.2) is 0 Å². The van der Waals surface area contributed by atoms with Crippen LogP contribution in [0.25, 0.3) is 0 Å². The second kappa shape index (κ2) is 7.46. The van der Waals surface area contributed by atoms with Gasteiger partial charge in [-0.1, -0.05) is 39.5 Å². The molecule has 1 aliphatic heterocycles. The Kier molecular flexibility index (Phi) is 5.61. The molecule has 2 saturated carbocycles. The first-order valence-corrected chi connectivity index (χ1v) is 9.79. The van der Waals surface area contributed by atoms with Crippen LogP contribution < -0.4 is 10.6 Å².